The molecule has 2 heterocycles. The molecule has 3 aromatic rings. The lowest BCUT2D eigenvalue weighted by atomic mass is 10.2. The third-order valence-electron chi connectivity index (χ3n) is 3.02. The molecule has 3 nitrogen and oxygen atoms in total. The normalized spacial score (nSPS) is 11.1. The molecule has 0 saturated carbocycles. The zero-order chi connectivity index (χ0) is 13.4. The number of halogens is 1. The van der Waals surface area contributed by atoms with Gasteiger partial charge in [-0.3, -0.25) is 0 Å². The molecule has 2 N–H and O–H groups in total. The molecular formula is C14H12ClN3S. The van der Waals surface area contributed by atoms with Crippen molar-refractivity contribution in [2.24, 2.45) is 0 Å². The smallest absolute Gasteiger partial charge is 0.172 e. The van der Waals surface area contributed by atoms with Crippen molar-refractivity contribution < 1.29 is 0 Å². The lowest BCUT2D eigenvalue weighted by Gasteiger charge is -2.06. The Labute approximate surface area is 120 Å². The lowest BCUT2D eigenvalue weighted by molar-refractivity contribution is 1.14. The minimum atomic E-state index is 0.493. The molecule has 0 unspecified atom stereocenters. The van der Waals surface area contributed by atoms with Crippen LogP contribution in [-0.2, 0) is 6.42 Å². The number of fused-ring (bicyclic) bond motifs is 1. The molecule has 2 aromatic heterocycles. The number of anilines is 1. The number of hydrogen-bond acceptors (Lipinski definition) is 4. The Hall–Kier alpha value is -1.65. The third kappa shape index (κ3) is 2.17. The van der Waals surface area contributed by atoms with Crippen molar-refractivity contribution in [3.05, 3.63) is 40.2 Å². The summed E-state index contributed by atoms with van der Waals surface area (Å²) in [5.41, 5.74) is 8.04. The van der Waals surface area contributed by atoms with Gasteiger partial charge in [-0.25, -0.2) is 9.97 Å². The van der Waals surface area contributed by atoms with E-state index in [2.05, 4.69) is 28.3 Å². The van der Waals surface area contributed by atoms with Crippen LogP contribution in [0.25, 0.3) is 21.6 Å². The molecule has 0 aliphatic rings. The zero-order valence-corrected chi connectivity index (χ0v) is 11.9. The Balaban J connectivity index is 2.25. The molecule has 0 bridgehead atoms. The number of rotatable bonds is 2. The minimum Gasteiger partial charge on any atom is -0.383 e. The van der Waals surface area contributed by atoms with Crippen LogP contribution in [0.1, 0.15) is 12.5 Å². The zero-order valence-electron chi connectivity index (χ0n) is 10.4. The van der Waals surface area contributed by atoms with Crippen LogP contribution in [0.15, 0.2) is 29.6 Å². The predicted octanol–water partition coefficient (Wildman–Crippen LogP) is 4.16. The summed E-state index contributed by atoms with van der Waals surface area (Å²) in [6.07, 6.45) is 0.954. The number of nitrogens with two attached hydrogens (primary N) is 1. The first-order chi connectivity index (χ1) is 9.19. The third-order valence-corrected chi connectivity index (χ3v) is 4.21. The molecule has 0 atom stereocenters. The second kappa shape index (κ2) is 4.79. The molecule has 0 aliphatic heterocycles. The number of benzene rings is 1. The van der Waals surface area contributed by atoms with Crippen molar-refractivity contribution in [2.75, 3.05) is 5.73 Å². The topological polar surface area (TPSA) is 51.8 Å². The Bertz CT molecular complexity index is 752. The van der Waals surface area contributed by atoms with Crippen molar-refractivity contribution in [2.45, 2.75) is 13.3 Å². The largest absolute Gasteiger partial charge is 0.383 e. The number of thiophene rings is 1. The monoisotopic (exact) mass is 289 g/mol. The summed E-state index contributed by atoms with van der Waals surface area (Å²) in [4.78, 5) is 10.1. The quantitative estimate of drug-likeness (QED) is 0.771. The number of nitrogens with zero attached hydrogens (tertiary/aromatic N) is 2. The van der Waals surface area contributed by atoms with Gasteiger partial charge in [-0.1, -0.05) is 18.5 Å². The van der Waals surface area contributed by atoms with Crippen LogP contribution in [-0.4, -0.2) is 9.97 Å². The SMILES string of the molecule is CCc1ccsc1-c1nc(N)c2ccc(Cl)cc2n1. The van der Waals surface area contributed by atoms with Crippen LogP contribution in [0.4, 0.5) is 5.82 Å². The molecule has 5 heteroatoms. The van der Waals surface area contributed by atoms with E-state index in [1.54, 1.807) is 17.4 Å². The predicted molar refractivity (Wildman–Crippen MR) is 81.7 cm³/mol. The van der Waals surface area contributed by atoms with Crippen molar-refractivity contribution in [3.63, 3.8) is 0 Å². The first kappa shape index (κ1) is 12.4. The molecule has 0 amide bonds. The maximum Gasteiger partial charge on any atom is 0.172 e. The van der Waals surface area contributed by atoms with E-state index in [-0.39, 0.29) is 0 Å². The van der Waals surface area contributed by atoms with Crippen LogP contribution in [0.2, 0.25) is 5.02 Å². The van der Waals surface area contributed by atoms with Crippen molar-refractivity contribution in [3.8, 4) is 10.7 Å². The van der Waals surface area contributed by atoms with Gasteiger partial charge in [-0.15, -0.1) is 11.3 Å². The lowest BCUT2D eigenvalue weighted by Crippen LogP contribution is -1.98. The van der Waals surface area contributed by atoms with E-state index in [4.69, 9.17) is 17.3 Å². The molecule has 19 heavy (non-hydrogen) atoms. The van der Waals surface area contributed by atoms with Crippen LogP contribution in [0.5, 0.6) is 0 Å². The molecular weight excluding hydrogens is 278 g/mol. The van der Waals surface area contributed by atoms with Gasteiger partial charge in [0.25, 0.3) is 0 Å². The fraction of sp³-hybridized carbons (Fsp3) is 0.143. The summed E-state index contributed by atoms with van der Waals surface area (Å²) in [5.74, 6) is 1.17. The molecule has 1 aromatic carbocycles. The average molecular weight is 290 g/mol. The summed E-state index contributed by atoms with van der Waals surface area (Å²) < 4.78 is 0. The molecule has 3 rings (SSSR count). The van der Waals surface area contributed by atoms with E-state index in [1.165, 1.54) is 5.56 Å². The van der Waals surface area contributed by atoms with Gasteiger partial charge in [0, 0.05) is 10.4 Å². The van der Waals surface area contributed by atoms with Crippen LogP contribution < -0.4 is 5.73 Å². The van der Waals surface area contributed by atoms with Crippen LogP contribution in [0, 0.1) is 0 Å². The van der Waals surface area contributed by atoms with Gasteiger partial charge in [0.1, 0.15) is 5.82 Å². The summed E-state index contributed by atoms with van der Waals surface area (Å²) in [7, 11) is 0. The highest BCUT2D eigenvalue weighted by atomic mass is 35.5. The fourth-order valence-electron chi connectivity index (χ4n) is 2.04. The van der Waals surface area contributed by atoms with Gasteiger partial charge >= 0.3 is 0 Å². The van der Waals surface area contributed by atoms with Crippen LogP contribution >= 0.6 is 22.9 Å². The van der Waals surface area contributed by atoms with Gasteiger partial charge in [-0.2, -0.15) is 0 Å². The number of nitrogen functional groups attached to an aromatic ring is 1. The highest BCUT2D eigenvalue weighted by Crippen LogP contribution is 2.30. The Kier molecular flexibility index (Phi) is 3.12. The Morgan fingerprint density at radius 2 is 2.11 bits per heavy atom. The second-order valence-electron chi connectivity index (χ2n) is 4.22. The Morgan fingerprint density at radius 1 is 1.26 bits per heavy atom. The molecule has 0 spiro atoms. The fourth-order valence-corrected chi connectivity index (χ4v) is 3.13. The van der Waals surface area contributed by atoms with E-state index < -0.39 is 0 Å². The van der Waals surface area contributed by atoms with Crippen molar-refractivity contribution >= 4 is 39.7 Å². The van der Waals surface area contributed by atoms with E-state index in [9.17, 15) is 0 Å². The van der Waals surface area contributed by atoms with Crippen molar-refractivity contribution in [1.29, 1.82) is 0 Å². The van der Waals surface area contributed by atoms with Crippen LogP contribution in [0.3, 0.4) is 0 Å². The summed E-state index contributed by atoms with van der Waals surface area (Å²) in [5, 5.41) is 3.54. The van der Waals surface area contributed by atoms with E-state index >= 15 is 0 Å². The molecule has 0 fully saturated rings. The summed E-state index contributed by atoms with van der Waals surface area (Å²) >= 11 is 7.64. The standard InChI is InChI=1S/C14H12ClN3S/c1-2-8-5-6-19-12(8)14-17-11-7-9(15)3-4-10(11)13(16)18-14/h3-7H,2H2,1H3,(H2,16,17,18). The van der Waals surface area contributed by atoms with Gasteiger partial charge < -0.3 is 5.73 Å². The van der Waals surface area contributed by atoms with Gasteiger partial charge in [0.15, 0.2) is 5.82 Å². The maximum absolute atomic E-state index is 6.02. The Morgan fingerprint density at radius 3 is 2.89 bits per heavy atom. The highest BCUT2D eigenvalue weighted by molar-refractivity contribution is 7.13. The number of hydrogen-bond donors (Lipinski definition) is 1. The summed E-state index contributed by atoms with van der Waals surface area (Å²) in [6, 6.07) is 7.57. The highest BCUT2D eigenvalue weighted by Gasteiger charge is 2.11. The number of aromatic nitrogens is 2. The molecule has 0 aliphatic carbocycles. The minimum absolute atomic E-state index is 0.493. The van der Waals surface area contributed by atoms with Gasteiger partial charge in [0.05, 0.1) is 10.4 Å². The second-order valence-corrected chi connectivity index (χ2v) is 5.57. The number of aryl methyl sites for hydroxylation is 1. The van der Waals surface area contributed by atoms with Crippen molar-refractivity contribution in [1.82, 2.24) is 9.97 Å². The summed E-state index contributed by atoms with van der Waals surface area (Å²) in [6.45, 7) is 2.12. The van der Waals surface area contributed by atoms with E-state index in [0.29, 0.717) is 16.7 Å². The molecule has 0 saturated heterocycles. The van der Waals surface area contributed by atoms with E-state index in [1.807, 2.05) is 12.1 Å². The van der Waals surface area contributed by atoms with Gasteiger partial charge in [-0.05, 0) is 41.6 Å². The van der Waals surface area contributed by atoms with Gasteiger partial charge in [0.2, 0.25) is 0 Å². The first-order valence-corrected chi connectivity index (χ1v) is 7.24. The molecule has 96 valence electrons. The molecule has 0 radical (unpaired) electrons. The first-order valence-electron chi connectivity index (χ1n) is 5.98. The maximum atomic E-state index is 6.02. The van der Waals surface area contributed by atoms with E-state index in [0.717, 1.165) is 22.2 Å². The average Bonchev–Trinajstić information content (AvgIpc) is 2.86.